The molecule has 1 amide bonds. The molecule has 11 heteroatoms. The second-order valence-corrected chi connectivity index (χ2v) is 10.1. The number of sulfonamides is 1. The molecule has 0 radical (unpaired) electrons. The summed E-state index contributed by atoms with van der Waals surface area (Å²) in [5, 5.41) is 2.96. The van der Waals surface area contributed by atoms with Gasteiger partial charge in [0.15, 0.2) is 11.7 Å². The molecule has 0 spiro atoms. The van der Waals surface area contributed by atoms with Gasteiger partial charge in [0.1, 0.15) is 5.75 Å². The third-order valence-corrected chi connectivity index (χ3v) is 7.78. The zero-order valence-corrected chi connectivity index (χ0v) is 18.9. The number of thiazole rings is 1. The fraction of sp³-hybridized carbons (Fsp3) is 0.286. The maximum absolute atomic E-state index is 12.7. The Labute approximate surface area is 189 Å². The zero-order valence-electron chi connectivity index (χ0n) is 17.2. The van der Waals surface area contributed by atoms with Crippen molar-refractivity contribution in [3.05, 3.63) is 48.0 Å². The average Bonchev–Trinajstić information content (AvgIpc) is 3.47. The molecule has 4 rings (SSSR count). The first-order chi connectivity index (χ1) is 15.4. The van der Waals surface area contributed by atoms with E-state index in [2.05, 4.69) is 10.3 Å². The van der Waals surface area contributed by atoms with Gasteiger partial charge in [-0.15, -0.1) is 0 Å². The molecular formula is C21H21N3O6S2. The highest BCUT2D eigenvalue weighted by atomic mass is 32.2. The number of carbonyl (C=O) groups is 2. The Hall–Kier alpha value is -3.02. The highest BCUT2D eigenvalue weighted by Gasteiger charge is 2.27. The van der Waals surface area contributed by atoms with Crippen molar-refractivity contribution in [2.75, 3.05) is 32.1 Å². The average molecular weight is 476 g/mol. The third kappa shape index (κ3) is 4.74. The quantitative estimate of drug-likeness (QED) is 0.523. The molecule has 32 heavy (non-hydrogen) atoms. The number of esters is 1. The molecule has 0 bridgehead atoms. The highest BCUT2D eigenvalue weighted by molar-refractivity contribution is 7.89. The lowest BCUT2D eigenvalue weighted by molar-refractivity contribution is -0.119. The molecular weight excluding hydrogens is 454 g/mol. The number of hydrogen-bond acceptors (Lipinski definition) is 8. The van der Waals surface area contributed by atoms with Crippen LogP contribution in [-0.4, -0.2) is 56.4 Å². The lowest BCUT2D eigenvalue weighted by Gasteiger charge is -2.15. The number of nitrogens with zero attached hydrogens (tertiary/aromatic N) is 2. The van der Waals surface area contributed by atoms with Crippen molar-refractivity contribution in [2.45, 2.75) is 17.7 Å². The van der Waals surface area contributed by atoms with Crippen LogP contribution in [0.5, 0.6) is 5.75 Å². The summed E-state index contributed by atoms with van der Waals surface area (Å²) in [6, 6.07) is 11.0. The van der Waals surface area contributed by atoms with E-state index in [9.17, 15) is 18.0 Å². The Kier molecular flexibility index (Phi) is 6.40. The number of rotatable bonds is 7. The van der Waals surface area contributed by atoms with E-state index in [0.717, 1.165) is 17.5 Å². The van der Waals surface area contributed by atoms with Crippen LogP contribution >= 0.6 is 11.3 Å². The van der Waals surface area contributed by atoms with Crippen molar-refractivity contribution >= 4 is 48.6 Å². The van der Waals surface area contributed by atoms with Crippen LogP contribution in [0.2, 0.25) is 0 Å². The zero-order chi connectivity index (χ0) is 22.7. The summed E-state index contributed by atoms with van der Waals surface area (Å²) < 4.78 is 37.9. The van der Waals surface area contributed by atoms with E-state index in [4.69, 9.17) is 9.47 Å². The van der Waals surface area contributed by atoms with Crippen molar-refractivity contribution in [1.29, 1.82) is 0 Å². The van der Waals surface area contributed by atoms with Crippen molar-refractivity contribution < 1.29 is 27.5 Å². The Balaban J connectivity index is 1.38. The first-order valence-electron chi connectivity index (χ1n) is 9.88. The summed E-state index contributed by atoms with van der Waals surface area (Å²) in [5.41, 5.74) is 0.768. The van der Waals surface area contributed by atoms with Crippen LogP contribution in [0.1, 0.15) is 23.2 Å². The number of benzene rings is 2. The van der Waals surface area contributed by atoms with Crippen LogP contribution in [0.3, 0.4) is 0 Å². The number of carbonyl (C=O) groups excluding carboxylic acids is 2. The molecule has 3 aromatic rings. The fourth-order valence-corrected chi connectivity index (χ4v) is 5.79. The first kappa shape index (κ1) is 22.2. The van der Waals surface area contributed by atoms with Crippen molar-refractivity contribution in [2.24, 2.45) is 0 Å². The van der Waals surface area contributed by atoms with Gasteiger partial charge in [0.05, 0.1) is 27.8 Å². The van der Waals surface area contributed by atoms with Crippen LogP contribution in [0.25, 0.3) is 10.2 Å². The molecule has 2 aromatic carbocycles. The predicted molar refractivity (Wildman–Crippen MR) is 120 cm³/mol. The minimum absolute atomic E-state index is 0.0307. The fourth-order valence-electron chi connectivity index (χ4n) is 3.32. The predicted octanol–water partition coefficient (Wildman–Crippen LogP) is 2.88. The largest absolute Gasteiger partial charge is 0.497 e. The molecule has 0 atom stereocenters. The van der Waals surface area contributed by atoms with Gasteiger partial charge in [-0.25, -0.2) is 18.2 Å². The van der Waals surface area contributed by atoms with Crippen molar-refractivity contribution in [1.82, 2.24) is 9.29 Å². The molecule has 1 aliphatic heterocycles. The van der Waals surface area contributed by atoms with Gasteiger partial charge < -0.3 is 9.47 Å². The number of methoxy groups -OCH3 is 1. The molecule has 1 N–H and O–H groups in total. The number of ether oxygens (including phenoxy) is 2. The van der Waals surface area contributed by atoms with E-state index in [1.807, 2.05) is 6.07 Å². The molecule has 2 heterocycles. The van der Waals surface area contributed by atoms with Crippen molar-refractivity contribution in [3.63, 3.8) is 0 Å². The highest BCUT2D eigenvalue weighted by Crippen LogP contribution is 2.29. The second kappa shape index (κ2) is 9.23. The van der Waals surface area contributed by atoms with E-state index in [1.165, 1.54) is 39.9 Å². The van der Waals surface area contributed by atoms with Crippen LogP contribution in [0.4, 0.5) is 5.13 Å². The van der Waals surface area contributed by atoms with Gasteiger partial charge in [0, 0.05) is 13.1 Å². The van der Waals surface area contributed by atoms with Gasteiger partial charge in [-0.05, 0) is 49.2 Å². The van der Waals surface area contributed by atoms with Crippen LogP contribution in [-0.2, 0) is 19.6 Å². The maximum atomic E-state index is 12.7. The van der Waals surface area contributed by atoms with E-state index in [0.29, 0.717) is 29.5 Å². The second-order valence-electron chi connectivity index (χ2n) is 7.12. The Bertz CT molecular complexity index is 1270. The lowest BCUT2D eigenvalue weighted by Crippen LogP contribution is -2.28. The monoisotopic (exact) mass is 475 g/mol. The standard InChI is InChI=1S/C21H21N3O6S2/c1-29-15-7-8-17-18(12-15)31-21(22-17)23-19(25)13-30-20(26)14-5-4-6-16(11-14)32(27,28)24-9-2-3-10-24/h4-8,11-12H,2-3,9-10,13H2,1H3,(H,22,23,25). The van der Waals surface area contributed by atoms with E-state index in [1.54, 1.807) is 19.2 Å². The molecule has 1 saturated heterocycles. The van der Waals surface area contributed by atoms with E-state index < -0.39 is 28.5 Å². The van der Waals surface area contributed by atoms with Gasteiger partial charge in [-0.1, -0.05) is 17.4 Å². The van der Waals surface area contributed by atoms with Crippen LogP contribution in [0.15, 0.2) is 47.4 Å². The Morgan fingerprint density at radius 2 is 1.94 bits per heavy atom. The van der Waals surface area contributed by atoms with Crippen LogP contribution < -0.4 is 10.1 Å². The summed E-state index contributed by atoms with van der Waals surface area (Å²) in [4.78, 5) is 28.9. The molecule has 168 valence electrons. The number of nitrogens with one attached hydrogen (secondary N) is 1. The number of anilines is 1. The summed E-state index contributed by atoms with van der Waals surface area (Å²) in [6.45, 7) is 0.409. The number of amides is 1. The molecule has 0 saturated carbocycles. The normalized spacial score (nSPS) is 14.4. The summed E-state index contributed by atoms with van der Waals surface area (Å²) in [7, 11) is -2.09. The summed E-state index contributed by atoms with van der Waals surface area (Å²) in [5.74, 6) is -0.653. The first-order valence-corrected chi connectivity index (χ1v) is 12.1. The lowest BCUT2D eigenvalue weighted by atomic mass is 10.2. The minimum atomic E-state index is -3.65. The van der Waals surface area contributed by atoms with Crippen molar-refractivity contribution in [3.8, 4) is 5.75 Å². The minimum Gasteiger partial charge on any atom is -0.497 e. The Morgan fingerprint density at radius 1 is 1.16 bits per heavy atom. The summed E-state index contributed by atoms with van der Waals surface area (Å²) >= 11 is 1.27. The summed E-state index contributed by atoms with van der Waals surface area (Å²) in [6.07, 6.45) is 1.64. The smallest absolute Gasteiger partial charge is 0.338 e. The van der Waals surface area contributed by atoms with Crippen LogP contribution in [0, 0.1) is 0 Å². The number of fused-ring (bicyclic) bond motifs is 1. The van der Waals surface area contributed by atoms with E-state index >= 15 is 0 Å². The van der Waals surface area contributed by atoms with Gasteiger partial charge in [0.2, 0.25) is 10.0 Å². The van der Waals surface area contributed by atoms with Gasteiger partial charge in [0.25, 0.3) is 5.91 Å². The maximum Gasteiger partial charge on any atom is 0.338 e. The van der Waals surface area contributed by atoms with Gasteiger partial charge >= 0.3 is 5.97 Å². The third-order valence-electron chi connectivity index (χ3n) is 4.95. The topological polar surface area (TPSA) is 115 Å². The van der Waals surface area contributed by atoms with Gasteiger partial charge in [-0.2, -0.15) is 4.31 Å². The molecule has 0 aliphatic carbocycles. The SMILES string of the molecule is COc1ccc2nc(NC(=O)COC(=O)c3cccc(S(=O)(=O)N4CCCC4)c3)sc2c1. The Morgan fingerprint density at radius 3 is 2.69 bits per heavy atom. The number of aromatic nitrogens is 1. The number of hydrogen-bond donors (Lipinski definition) is 1. The molecule has 1 aromatic heterocycles. The van der Waals surface area contributed by atoms with E-state index in [-0.39, 0.29) is 10.5 Å². The molecule has 1 aliphatic rings. The molecule has 0 unspecified atom stereocenters. The molecule has 9 nitrogen and oxygen atoms in total. The van der Waals surface area contributed by atoms with Gasteiger partial charge in [-0.3, -0.25) is 10.1 Å². The molecule has 1 fully saturated rings.